The molecule has 0 aromatic heterocycles. The Hall–Kier alpha value is -1.68. The Morgan fingerprint density at radius 2 is 1.62 bits per heavy atom. The molecule has 0 spiro atoms. The number of amides is 1. The fourth-order valence-electron chi connectivity index (χ4n) is 1.49. The summed E-state index contributed by atoms with van der Waals surface area (Å²) in [5, 5.41) is 28.6. The Balaban J connectivity index is 2.95. The second-order valence-electron chi connectivity index (χ2n) is 4.53. The fraction of sp³-hybridized carbons (Fsp3) is 0.455. The first-order chi connectivity index (χ1) is 9.53. The van der Waals surface area contributed by atoms with Crippen molar-refractivity contribution in [3.05, 3.63) is 9.81 Å². The molecule has 0 aromatic rings. The van der Waals surface area contributed by atoms with Crippen molar-refractivity contribution in [3.8, 4) is 0 Å². The number of carboxylic acid groups (broad SMARTS) is 3. The van der Waals surface area contributed by atoms with Crippen LogP contribution in [0.3, 0.4) is 0 Å². The predicted octanol–water partition coefficient (Wildman–Crippen LogP) is 0.543. The molecule has 21 heavy (non-hydrogen) atoms. The van der Waals surface area contributed by atoms with Gasteiger partial charge in [0.05, 0.1) is 15.4 Å². The van der Waals surface area contributed by atoms with Crippen LogP contribution in [0.25, 0.3) is 0 Å². The van der Waals surface area contributed by atoms with Gasteiger partial charge in [-0.05, 0) is 13.8 Å². The molecule has 0 radical (unpaired) electrons. The van der Waals surface area contributed by atoms with Gasteiger partial charge in [-0.25, -0.2) is 9.59 Å². The summed E-state index contributed by atoms with van der Waals surface area (Å²) in [5.74, 6) is -5.07. The minimum Gasteiger partial charge on any atom is -0.481 e. The first-order valence-electron chi connectivity index (χ1n) is 5.64. The van der Waals surface area contributed by atoms with Gasteiger partial charge in [0, 0.05) is 0 Å². The van der Waals surface area contributed by atoms with E-state index < -0.39 is 40.4 Å². The van der Waals surface area contributed by atoms with Crippen LogP contribution < -0.4 is 5.32 Å². The zero-order valence-electron chi connectivity index (χ0n) is 11.1. The molecule has 8 nitrogen and oxygen atoms in total. The highest BCUT2D eigenvalue weighted by molar-refractivity contribution is 8.25. The molecule has 0 saturated carbocycles. The van der Waals surface area contributed by atoms with Crippen LogP contribution in [0.15, 0.2) is 9.81 Å². The third-order valence-electron chi connectivity index (χ3n) is 2.28. The highest BCUT2D eigenvalue weighted by Gasteiger charge is 2.40. The molecule has 1 rings (SSSR count). The van der Waals surface area contributed by atoms with Gasteiger partial charge in [0.25, 0.3) is 5.91 Å². The molecule has 1 atom stereocenters. The number of aliphatic carboxylic acids is 3. The van der Waals surface area contributed by atoms with Gasteiger partial charge in [-0.1, -0.05) is 11.8 Å². The van der Waals surface area contributed by atoms with Crippen LogP contribution in [0.1, 0.15) is 20.3 Å². The Kier molecular flexibility index (Phi) is 5.29. The lowest BCUT2D eigenvalue weighted by Crippen LogP contribution is -2.42. The Morgan fingerprint density at radius 1 is 1.10 bits per heavy atom. The molecular formula is C11H13NO7S2. The zero-order chi connectivity index (χ0) is 16.4. The second kappa shape index (κ2) is 6.39. The molecule has 4 N–H and O–H groups in total. The van der Waals surface area contributed by atoms with Crippen LogP contribution in [0, 0.1) is 0 Å². The number of carboxylic acids is 3. The minimum absolute atomic E-state index is 0.117. The molecule has 1 aliphatic rings. The van der Waals surface area contributed by atoms with Gasteiger partial charge in [0.15, 0.2) is 0 Å². The molecule has 1 heterocycles. The van der Waals surface area contributed by atoms with E-state index in [0.29, 0.717) is 0 Å². The maximum absolute atomic E-state index is 12.0. The van der Waals surface area contributed by atoms with Crippen LogP contribution in [0.5, 0.6) is 0 Å². The maximum Gasteiger partial charge on any atom is 0.343 e. The van der Waals surface area contributed by atoms with Crippen molar-refractivity contribution in [2.75, 3.05) is 0 Å². The van der Waals surface area contributed by atoms with E-state index in [1.54, 1.807) is 13.8 Å². The number of carbonyl (C=O) groups excluding carboxylic acids is 1. The van der Waals surface area contributed by atoms with Crippen molar-refractivity contribution in [1.29, 1.82) is 0 Å². The largest absolute Gasteiger partial charge is 0.481 e. The van der Waals surface area contributed by atoms with Gasteiger partial charge < -0.3 is 20.6 Å². The highest BCUT2D eigenvalue weighted by Crippen LogP contribution is 2.53. The van der Waals surface area contributed by atoms with Crippen molar-refractivity contribution in [2.45, 2.75) is 30.4 Å². The summed E-state index contributed by atoms with van der Waals surface area (Å²) in [6.07, 6.45) is -0.794. The Morgan fingerprint density at radius 3 is 2.05 bits per heavy atom. The smallest absolute Gasteiger partial charge is 0.343 e. The summed E-state index contributed by atoms with van der Waals surface area (Å²) in [4.78, 5) is 44.3. The molecule has 0 unspecified atom stereocenters. The molecule has 0 fully saturated rings. The number of hydrogen-bond acceptors (Lipinski definition) is 6. The topological polar surface area (TPSA) is 141 Å². The molecule has 0 bridgehead atoms. The molecule has 0 aromatic carbocycles. The highest BCUT2D eigenvalue weighted by atomic mass is 32.2. The SMILES string of the molecule is CC1(C)SC(C(=O)O)=C(C(=O)N[C@@H](CC(=O)O)C(=O)O)S1. The summed E-state index contributed by atoms with van der Waals surface area (Å²) in [6.45, 7) is 3.44. The molecule has 116 valence electrons. The van der Waals surface area contributed by atoms with Crippen LogP contribution in [-0.4, -0.2) is 49.3 Å². The first-order valence-corrected chi connectivity index (χ1v) is 7.28. The molecule has 1 amide bonds. The Bertz CT molecular complexity index is 541. The lowest BCUT2D eigenvalue weighted by molar-refractivity contribution is -0.146. The van der Waals surface area contributed by atoms with Crippen molar-refractivity contribution >= 4 is 47.3 Å². The van der Waals surface area contributed by atoms with Crippen LogP contribution >= 0.6 is 23.5 Å². The number of rotatable bonds is 6. The summed E-state index contributed by atoms with van der Waals surface area (Å²) < 4.78 is -0.577. The molecule has 0 aliphatic carbocycles. The number of thioether (sulfide) groups is 2. The predicted molar refractivity (Wildman–Crippen MR) is 75.7 cm³/mol. The van der Waals surface area contributed by atoms with Crippen molar-refractivity contribution in [3.63, 3.8) is 0 Å². The average molecular weight is 335 g/mol. The summed E-state index contributed by atoms with van der Waals surface area (Å²) >= 11 is 1.97. The van der Waals surface area contributed by atoms with Gasteiger partial charge in [0.1, 0.15) is 10.9 Å². The van der Waals surface area contributed by atoms with E-state index in [1.165, 1.54) is 0 Å². The Labute approximate surface area is 128 Å². The standard InChI is InChI=1S/C11H13NO7S2/c1-11(2)20-6(7(21-11)10(18)19)8(15)12-4(9(16)17)3-5(13)14/h4H,3H2,1-2H3,(H,12,15)(H,13,14)(H,16,17)(H,18,19)/t4-/m0/s1. The van der Waals surface area contributed by atoms with E-state index >= 15 is 0 Å². The van der Waals surface area contributed by atoms with E-state index in [-0.39, 0.29) is 9.81 Å². The van der Waals surface area contributed by atoms with E-state index in [9.17, 15) is 19.2 Å². The van der Waals surface area contributed by atoms with E-state index in [1.807, 2.05) is 5.32 Å². The van der Waals surface area contributed by atoms with Crippen LogP contribution in [0.2, 0.25) is 0 Å². The van der Waals surface area contributed by atoms with E-state index in [2.05, 4.69) is 0 Å². The van der Waals surface area contributed by atoms with Gasteiger partial charge in [-0.15, -0.1) is 11.8 Å². The van der Waals surface area contributed by atoms with E-state index in [4.69, 9.17) is 15.3 Å². The first kappa shape index (κ1) is 17.4. The summed E-state index contributed by atoms with van der Waals surface area (Å²) in [5.41, 5.74) is 0. The number of nitrogens with one attached hydrogen (secondary N) is 1. The van der Waals surface area contributed by atoms with E-state index in [0.717, 1.165) is 23.5 Å². The minimum atomic E-state index is -1.62. The fourth-order valence-corrected chi connectivity index (χ4v) is 4.00. The molecule has 0 saturated heterocycles. The third-order valence-corrected chi connectivity index (χ3v) is 5.07. The molecular weight excluding hydrogens is 322 g/mol. The third kappa shape index (κ3) is 4.67. The van der Waals surface area contributed by atoms with Crippen LogP contribution in [-0.2, 0) is 19.2 Å². The van der Waals surface area contributed by atoms with Crippen LogP contribution in [0.4, 0.5) is 0 Å². The quantitative estimate of drug-likeness (QED) is 0.547. The van der Waals surface area contributed by atoms with Gasteiger partial charge in [0.2, 0.25) is 0 Å². The zero-order valence-corrected chi connectivity index (χ0v) is 12.7. The van der Waals surface area contributed by atoms with Gasteiger partial charge in [-0.3, -0.25) is 9.59 Å². The lowest BCUT2D eigenvalue weighted by atomic mass is 10.2. The van der Waals surface area contributed by atoms with Gasteiger partial charge in [-0.2, -0.15) is 0 Å². The van der Waals surface area contributed by atoms with Crippen molar-refractivity contribution in [2.24, 2.45) is 0 Å². The number of carbonyl (C=O) groups is 4. The van der Waals surface area contributed by atoms with Gasteiger partial charge >= 0.3 is 17.9 Å². The normalized spacial score (nSPS) is 18.2. The summed E-state index contributed by atoms with van der Waals surface area (Å²) in [6, 6.07) is -1.62. The summed E-state index contributed by atoms with van der Waals surface area (Å²) in [7, 11) is 0. The maximum atomic E-state index is 12.0. The van der Waals surface area contributed by atoms with Crippen molar-refractivity contribution in [1.82, 2.24) is 5.32 Å². The second-order valence-corrected chi connectivity index (χ2v) is 8.05. The molecule has 10 heteroatoms. The monoisotopic (exact) mass is 335 g/mol. The van der Waals surface area contributed by atoms with Crippen molar-refractivity contribution < 1.29 is 34.5 Å². The number of hydrogen-bond donors (Lipinski definition) is 4. The molecule has 1 aliphatic heterocycles. The average Bonchev–Trinajstić information content (AvgIpc) is 2.64. The lowest BCUT2D eigenvalue weighted by Gasteiger charge is -2.16.